The summed E-state index contributed by atoms with van der Waals surface area (Å²) in [5, 5.41) is 18.2. The van der Waals surface area contributed by atoms with E-state index in [2.05, 4.69) is 31.6 Å². The van der Waals surface area contributed by atoms with E-state index in [0.717, 1.165) is 54.5 Å². The van der Waals surface area contributed by atoms with E-state index < -0.39 is 24.8 Å². The summed E-state index contributed by atoms with van der Waals surface area (Å²) in [6.07, 6.45) is -3.02. The Morgan fingerprint density at radius 3 is 2.61 bits per heavy atom. The molecule has 0 spiro atoms. The largest absolute Gasteiger partial charge is 0.491 e. The molecule has 0 bridgehead atoms. The van der Waals surface area contributed by atoms with Crippen molar-refractivity contribution >= 4 is 50.8 Å². The van der Waals surface area contributed by atoms with E-state index in [4.69, 9.17) is 30.8 Å². The Bertz CT molecular complexity index is 2590. The number of anilines is 1. The minimum absolute atomic E-state index is 0.0418. The predicted octanol–water partition coefficient (Wildman–Crippen LogP) is 7.52. The Morgan fingerprint density at radius 2 is 1.82 bits per heavy atom. The van der Waals surface area contributed by atoms with E-state index >= 15 is 0 Å². The second-order valence-electron chi connectivity index (χ2n) is 15.0. The number of aliphatic carboxylic acids is 1. The molecular formula is C43H41ClF3N7O6S. The number of amides is 1. The van der Waals surface area contributed by atoms with E-state index in [-0.39, 0.29) is 42.7 Å². The standard InChI is InChI=1S/C43H41ClF3N7O6S/c1-25-29(10-11-32(38(25)44)58-19-18-53-16-14-52(2)15-17-53)36-37-34(22-48-40(36)30-8-5-7-27-21-35(55)50-39(27)30)61-51-41(37)60-33(42(56)57)20-26-6-3-4-9-31(26)59-23-28-12-13-49-54(28)24-43(45,46)47/h3-13,22,33H,14-21,23-24H2,1-2H3,(H,50,55)(H,56,57)/t33-/m1/s1. The molecule has 0 unspecified atom stereocenters. The number of hydrogen-bond donors (Lipinski definition) is 2. The van der Waals surface area contributed by atoms with Crippen molar-refractivity contribution in [3.63, 3.8) is 0 Å². The minimum atomic E-state index is -4.48. The van der Waals surface area contributed by atoms with Crippen LogP contribution in [-0.2, 0) is 35.6 Å². The van der Waals surface area contributed by atoms with Crippen LogP contribution in [0, 0.1) is 6.92 Å². The summed E-state index contributed by atoms with van der Waals surface area (Å²) in [4.78, 5) is 35.1. The van der Waals surface area contributed by atoms with Gasteiger partial charge in [-0.1, -0.05) is 54.1 Å². The van der Waals surface area contributed by atoms with Crippen molar-refractivity contribution in [2.24, 2.45) is 0 Å². The number of alkyl halides is 3. The van der Waals surface area contributed by atoms with Crippen LogP contribution in [0.25, 0.3) is 32.5 Å². The maximum atomic E-state index is 13.1. The first kappa shape index (κ1) is 42.0. The molecule has 61 heavy (non-hydrogen) atoms. The summed E-state index contributed by atoms with van der Waals surface area (Å²) in [5.41, 5.74) is 5.14. The number of carbonyl (C=O) groups is 2. The monoisotopic (exact) mass is 875 g/mol. The van der Waals surface area contributed by atoms with Crippen molar-refractivity contribution in [1.82, 2.24) is 28.9 Å². The summed E-state index contributed by atoms with van der Waals surface area (Å²) in [5.74, 6) is -0.605. The molecule has 8 rings (SSSR count). The number of nitrogens with zero attached hydrogens (tertiary/aromatic N) is 6. The van der Waals surface area contributed by atoms with E-state index in [1.165, 1.54) is 12.3 Å². The lowest BCUT2D eigenvalue weighted by atomic mass is 9.92. The van der Waals surface area contributed by atoms with Crippen molar-refractivity contribution in [2.45, 2.75) is 45.2 Å². The molecule has 3 aromatic heterocycles. The summed E-state index contributed by atoms with van der Waals surface area (Å²) in [7, 11) is 2.11. The molecule has 2 aliphatic heterocycles. The zero-order valence-electron chi connectivity index (χ0n) is 33.2. The number of ether oxygens (including phenoxy) is 3. The van der Waals surface area contributed by atoms with E-state index in [9.17, 15) is 27.9 Å². The Kier molecular flexibility index (Phi) is 12.2. The van der Waals surface area contributed by atoms with Crippen molar-refractivity contribution in [3.8, 4) is 39.8 Å². The first-order valence-corrected chi connectivity index (χ1v) is 20.7. The van der Waals surface area contributed by atoms with Crippen LogP contribution in [0.4, 0.5) is 18.9 Å². The van der Waals surface area contributed by atoms with Gasteiger partial charge in [0.25, 0.3) is 0 Å². The number of halogens is 4. The normalized spacial score (nSPS) is 15.1. The third-order valence-corrected chi connectivity index (χ3v) is 12.0. The Labute approximate surface area is 357 Å². The van der Waals surface area contributed by atoms with Gasteiger partial charge in [0.05, 0.1) is 38.6 Å². The van der Waals surface area contributed by atoms with Gasteiger partial charge in [0.15, 0.2) is 0 Å². The molecule has 2 N–H and O–H groups in total. The number of piperazine rings is 1. The van der Waals surface area contributed by atoms with Crippen LogP contribution in [-0.4, -0.2) is 105 Å². The van der Waals surface area contributed by atoms with Crippen molar-refractivity contribution in [1.29, 1.82) is 0 Å². The fourth-order valence-electron chi connectivity index (χ4n) is 7.58. The number of pyridine rings is 1. The molecule has 318 valence electrons. The number of fused-ring (bicyclic) bond motifs is 2. The molecular weight excluding hydrogens is 835 g/mol. The number of nitrogens with one attached hydrogen (secondary N) is 1. The Balaban J connectivity index is 1.13. The molecule has 5 heterocycles. The van der Waals surface area contributed by atoms with Gasteiger partial charge in [-0.3, -0.25) is 19.4 Å². The molecule has 6 aromatic rings. The van der Waals surface area contributed by atoms with Crippen LogP contribution in [0.2, 0.25) is 5.02 Å². The SMILES string of the molecule is Cc1c(-c2c(-c3cccc4c3NC(=O)C4)ncc3snc(O[C@H](Cc4ccccc4OCc4ccnn4CC(F)(F)F)C(=O)O)c23)ccc(OCCN2CCN(C)CC2)c1Cl. The third kappa shape index (κ3) is 9.29. The van der Waals surface area contributed by atoms with Gasteiger partial charge < -0.3 is 29.5 Å². The van der Waals surface area contributed by atoms with Crippen LogP contribution in [0.1, 0.15) is 22.4 Å². The number of hydrogen-bond acceptors (Lipinski definition) is 11. The zero-order valence-corrected chi connectivity index (χ0v) is 34.7. The maximum Gasteiger partial charge on any atom is 0.408 e. The number of carbonyl (C=O) groups excluding carboxylic acids is 1. The Hall–Kier alpha value is -5.75. The molecule has 2 aliphatic rings. The number of carboxylic acid groups (broad SMARTS) is 1. The summed E-state index contributed by atoms with van der Waals surface area (Å²) in [6.45, 7) is 5.45. The van der Waals surface area contributed by atoms with Gasteiger partial charge in [-0.25, -0.2) is 4.79 Å². The van der Waals surface area contributed by atoms with Gasteiger partial charge in [0.1, 0.15) is 31.3 Å². The van der Waals surface area contributed by atoms with Crippen LogP contribution < -0.4 is 19.5 Å². The molecule has 0 radical (unpaired) electrons. The lowest BCUT2D eigenvalue weighted by molar-refractivity contribution is -0.145. The average Bonchev–Trinajstić information content (AvgIpc) is 3.96. The van der Waals surface area contributed by atoms with E-state index in [1.54, 1.807) is 30.5 Å². The van der Waals surface area contributed by atoms with Crippen molar-refractivity contribution < 1.29 is 42.1 Å². The average molecular weight is 876 g/mol. The second kappa shape index (κ2) is 17.7. The zero-order chi connectivity index (χ0) is 42.8. The molecule has 13 nitrogen and oxygen atoms in total. The van der Waals surface area contributed by atoms with Gasteiger partial charge >= 0.3 is 12.1 Å². The van der Waals surface area contributed by atoms with E-state index in [1.807, 2.05) is 37.3 Å². The molecule has 18 heteroatoms. The van der Waals surface area contributed by atoms with Crippen LogP contribution in [0.3, 0.4) is 0 Å². The fourth-order valence-corrected chi connectivity index (χ4v) is 8.50. The van der Waals surface area contributed by atoms with Crippen LogP contribution in [0.5, 0.6) is 17.4 Å². The highest BCUT2D eigenvalue weighted by molar-refractivity contribution is 7.13. The molecule has 1 amide bonds. The lowest BCUT2D eigenvalue weighted by Gasteiger charge is -2.32. The molecule has 0 saturated carbocycles. The van der Waals surface area contributed by atoms with Gasteiger partial charge in [-0.05, 0) is 66.0 Å². The minimum Gasteiger partial charge on any atom is -0.491 e. The number of rotatable bonds is 15. The predicted molar refractivity (Wildman–Crippen MR) is 225 cm³/mol. The summed E-state index contributed by atoms with van der Waals surface area (Å²) in [6, 6.07) is 17.4. The number of aromatic nitrogens is 4. The molecule has 3 aromatic carbocycles. The van der Waals surface area contributed by atoms with Crippen LogP contribution >= 0.6 is 23.1 Å². The Morgan fingerprint density at radius 1 is 1.02 bits per heavy atom. The summed E-state index contributed by atoms with van der Waals surface area (Å²) >= 11 is 8.17. The number of carboxylic acids is 1. The first-order valence-electron chi connectivity index (χ1n) is 19.5. The highest BCUT2D eigenvalue weighted by Gasteiger charge is 2.31. The quantitative estimate of drug-likeness (QED) is 0.106. The van der Waals surface area contributed by atoms with Gasteiger partial charge in [0, 0.05) is 62.7 Å². The first-order chi connectivity index (χ1) is 29.3. The lowest BCUT2D eigenvalue weighted by Crippen LogP contribution is -2.45. The number of para-hydroxylation sites is 2. The highest BCUT2D eigenvalue weighted by Crippen LogP contribution is 2.48. The molecule has 1 saturated heterocycles. The third-order valence-electron chi connectivity index (χ3n) is 10.8. The van der Waals surface area contributed by atoms with Crippen molar-refractivity contribution in [2.75, 3.05) is 51.7 Å². The van der Waals surface area contributed by atoms with Gasteiger partial charge in [-0.2, -0.15) is 22.6 Å². The molecule has 1 atom stereocenters. The topological polar surface area (TPSA) is 144 Å². The fraction of sp³-hybridized carbons (Fsp3) is 0.326. The van der Waals surface area contributed by atoms with Gasteiger partial charge in [0.2, 0.25) is 17.9 Å². The molecule has 1 fully saturated rings. The summed E-state index contributed by atoms with van der Waals surface area (Å²) < 4.78 is 63.9. The van der Waals surface area contributed by atoms with Crippen LogP contribution in [0.15, 0.2) is 73.1 Å². The smallest absolute Gasteiger partial charge is 0.408 e. The number of benzene rings is 3. The van der Waals surface area contributed by atoms with Gasteiger partial charge in [-0.15, -0.1) is 0 Å². The number of likely N-dealkylation sites (N-methyl/N-ethyl adjacent to an activating group) is 1. The van der Waals surface area contributed by atoms with E-state index in [0.29, 0.717) is 66.7 Å². The maximum absolute atomic E-state index is 13.1. The molecule has 0 aliphatic carbocycles. The second-order valence-corrected chi connectivity index (χ2v) is 16.1. The van der Waals surface area contributed by atoms with Crippen molar-refractivity contribution in [3.05, 3.63) is 100 Å². The highest BCUT2D eigenvalue weighted by atomic mass is 35.5.